The first kappa shape index (κ1) is 18.0. The fourth-order valence-electron chi connectivity index (χ4n) is 5.40. The minimum Gasteiger partial charge on any atom is -0.391 e. The van der Waals surface area contributed by atoms with E-state index in [1.807, 2.05) is 11.8 Å². The van der Waals surface area contributed by atoms with Crippen LogP contribution in [0.1, 0.15) is 52.7 Å². The predicted octanol–water partition coefficient (Wildman–Crippen LogP) is 2.92. The van der Waals surface area contributed by atoms with Crippen molar-refractivity contribution in [1.82, 2.24) is 9.80 Å². The van der Waals surface area contributed by atoms with E-state index in [4.69, 9.17) is 0 Å². The van der Waals surface area contributed by atoms with Gasteiger partial charge in [-0.3, -0.25) is 9.69 Å². The van der Waals surface area contributed by atoms with Crippen molar-refractivity contribution in [1.29, 1.82) is 0 Å². The van der Waals surface area contributed by atoms with Crippen LogP contribution < -0.4 is 0 Å². The highest BCUT2D eigenvalue weighted by Crippen LogP contribution is 2.39. The molecule has 3 fully saturated rings. The Kier molecular flexibility index (Phi) is 4.83. The Labute approximate surface area is 157 Å². The molecular weight excluding hydrogens is 324 g/mol. The van der Waals surface area contributed by atoms with Crippen LogP contribution >= 0.6 is 0 Å². The minimum atomic E-state index is -0.229. The third kappa shape index (κ3) is 3.18. The lowest BCUT2D eigenvalue weighted by molar-refractivity contribution is -0.000864. The summed E-state index contributed by atoms with van der Waals surface area (Å²) >= 11 is 0. The predicted molar refractivity (Wildman–Crippen MR) is 103 cm³/mol. The molecule has 1 aromatic rings. The van der Waals surface area contributed by atoms with Gasteiger partial charge in [0.2, 0.25) is 0 Å². The van der Waals surface area contributed by atoms with Gasteiger partial charge in [-0.1, -0.05) is 6.07 Å². The van der Waals surface area contributed by atoms with Crippen LogP contribution in [-0.2, 0) is 0 Å². The van der Waals surface area contributed by atoms with Crippen molar-refractivity contribution >= 4 is 5.91 Å². The summed E-state index contributed by atoms with van der Waals surface area (Å²) in [4.78, 5) is 17.7. The van der Waals surface area contributed by atoms with Gasteiger partial charge < -0.3 is 10.0 Å². The van der Waals surface area contributed by atoms with Crippen molar-refractivity contribution in [2.24, 2.45) is 11.8 Å². The molecule has 2 aliphatic heterocycles. The average molecular weight is 357 g/mol. The highest BCUT2D eigenvalue weighted by Gasteiger charge is 2.45. The number of hydrogen-bond acceptors (Lipinski definition) is 3. The van der Waals surface area contributed by atoms with E-state index in [0.29, 0.717) is 17.9 Å². The Bertz CT molecular complexity index is 696. The summed E-state index contributed by atoms with van der Waals surface area (Å²) in [7, 11) is 0. The summed E-state index contributed by atoms with van der Waals surface area (Å²) in [5.41, 5.74) is 4.34. The van der Waals surface area contributed by atoms with E-state index in [0.717, 1.165) is 50.1 Å². The number of rotatable bonds is 2. The van der Waals surface area contributed by atoms with Crippen molar-refractivity contribution in [3.63, 3.8) is 0 Å². The molecule has 0 aromatic heterocycles. The van der Waals surface area contributed by atoms with Gasteiger partial charge in [-0.25, -0.2) is 0 Å². The number of fused-ring (bicyclic) bond motifs is 1. The molecule has 2 heterocycles. The van der Waals surface area contributed by atoms with Gasteiger partial charge in [0.15, 0.2) is 0 Å². The van der Waals surface area contributed by atoms with Crippen LogP contribution in [0.4, 0.5) is 0 Å². The zero-order valence-corrected chi connectivity index (χ0v) is 16.4. The fraction of sp³-hybridized carbons (Fsp3) is 0.682. The normalized spacial score (nSPS) is 32.1. The molecular formula is C22H32N2O2. The smallest absolute Gasteiger partial charge is 0.254 e. The third-order valence-corrected chi connectivity index (χ3v) is 7.08. The first-order valence-corrected chi connectivity index (χ1v) is 10.2. The molecule has 1 aromatic carbocycles. The molecule has 4 heteroatoms. The number of aryl methyl sites for hydroxylation is 3. The summed E-state index contributed by atoms with van der Waals surface area (Å²) in [6.45, 7) is 10.1. The van der Waals surface area contributed by atoms with Crippen LogP contribution in [0.25, 0.3) is 0 Å². The Balaban J connectivity index is 1.48. The molecule has 0 bridgehead atoms. The number of hydrogen-bond donors (Lipinski definition) is 1. The van der Waals surface area contributed by atoms with Crippen LogP contribution in [0.5, 0.6) is 0 Å². The largest absolute Gasteiger partial charge is 0.391 e. The van der Waals surface area contributed by atoms with Crippen LogP contribution in [-0.4, -0.2) is 59.1 Å². The fourth-order valence-corrected chi connectivity index (χ4v) is 5.40. The quantitative estimate of drug-likeness (QED) is 0.886. The lowest BCUT2D eigenvalue weighted by Crippen LogP contribution is -2.48. The topological polar surface area (TPSA) is 43.8 Å². The summed E-state index contributed by atoms with van der Waals surface area (Å²) < 4.78 is 0. The monoisotopic (exact) mass is 356 g/mol. The average Bonchev–Trinajstić information content (AvgIpc) is 3.25. The number of aliphatic hydroxyl groups is 1. The van der Waals surface area contributed by atoms with E-state index in [1.54, 1.807) is 0 Å². The van der Waals surface area contributed by atoms with Gasteiger partial charge in [0.05, 0.1) is 6.10 Å². The van der Waals surface area contributed by atoms with Crippen LogP contribution in [0, 0.1) is 32.6 Å². The second-order valence-electron chi connectivity index (χ2n) is 8.83. The summed E-state index contributed by atoms with van der Waals surface area (Å²) in [5, 5.41) is 10.7. The Morgan fingerprint density at radius 1 is 0.962 bits per heavy atom. The molecule has 2 saturated heterocycles. The van der Waals surface area contributed by atoms with Gasteiger partial charge in [-0.05, 0) is 94.1 Å². The molecule has 0 spiro atoms. The van der Waals surface area contributed by atoms with E-state index in [2.05, 4.69) is 30.9 Å². The SMILES string of the molecule is Cc1cc(C)c(C(=O)N2C[C@H]3C[C@@H](N4CCCC4)[C@H](O)C[C@H]3C2)cc1C. The molecule has 142 valence electrons. The van der Waals surface area contributed by atoms with Crippen LogP contribution in [0.3, 0.4) is 0 Å². The van der Waals surface area contributed by atoms with Crippen molar-refractivity contribution in [3.8, 4) is 0 Å². The number of carbonyl (C=O) groups excluding carboxylic acids is 1. The summed E-state index contributed by atoms with van der Waals surface area (Å²) in [6, 6.07) is 4.48. The first-order chi connectivity index (χ1) is 12.4. The van der Waals surface area contributed by atoms with Gasteiger partial charge in [0, 0.05) is 24.7 Å². The molecule has 0 radical (unpaired) electrons. The lowest BCUT2D eigenvalue weighted by atomic mass is 9.77. The number of aliphatic hydroxyl groups excluding tert-OH is 1. The van der Waals surface area contributed by atoms with E-state index in [1.165, 1.54) is 24.0 Å². The van der Waals surface area contributed by atoms with Crippen molar-refractivity contribution < 1.29 is 9.90 Å². The molecule has 1 aliphatic carbocycles. The van der Waals surface area contributed by atoms with Gasteiger partial charge in [0.1, 0.15) is 0 Å². The molecule has 26 heavy (non-hydrogen) atoms. The Morgan fingerprint density at radius 3 is 2.27 bits per heavy atom. The van der Waals surface area contributed by atoms with Crippen molar-refractivity contribution in [2.75, 3.05) is 26.2 Å². The maximum Gasteiger partial charge on any atom is 0.254 e. The molecule has 0 unspecified atom stereocenters. The zero-order chi connectivity index (χ0) is 18.4. The Hall–Kier alpha value is -1.39. The maximum atomic E-state index is 13.1. The van der Waals surface area contributed by atoms with Gasteiger partial charge in [-0.2, -0.15) is 0 Å². The number of nitrogens with zero attached hydrogens (tertiary/aromatic N) is 2. The van der Waals surface area contributed by atoms with Crippen LogP contribution in [0.2, 0.25) is 0 Å². The van der Waals surface area contributed by atoms with E-state index in [-0.39, 0.29) is 12.0 Å². The second-order valence-corrected chi connectivity index (χ2v) is 8.83. The van der Waals surface area contributed by atoms with E-state index in [9.17, 15) is 9.90 Å². The van der Waals surface area contributed by atoms with Crippen molar-refractivity contribution in [2.45, 2.75) is 58.6 Å². The molecule has 3 aliphatic rings. The lowest BCUT2D eigenvalue weighted by Gasteiger charge is -2.40. The summed E-state index contributed by atoms with van der Waals surface area (Å²) in [5.74, 6) is 1.17. The highest BCUT2D eigenvalue weighted by atomic mass is 16.3. The number of amides is 1. The maximum absolute atomic E-state index is 13.1. The standard InChI is InChI=1S/C22H32N2O2/c1-14-8-16(3)19(9-15(14)2)22(26)24-12-17-10-20(23-6-4-5-7-23)21(25)11-18(17)13-24/h8-9,17-18,20-21,25H,4-7,10-13H2,1-3H3/t17-,18+,20-,21-/m1/s1. The Morgan fingerprint density at radius 2 is 1.58 bits per heavy atom. The molecule has 1 saturated carbocycles. The van der Waals surface area contributed by atoms with Crippen LogP contribution in [0.15, 0.2) is 12.1 Å². The minimum absolute atomic E-state index is 0.173. The number of benzene rings is 1. The third-order valence-electron chi connectivity index (χ3n) is 7.08. The van der Waals surface area contributed by atoms with Gasteiger partial charge in [-0.15, -0.1) is 0 Å². The first-order valence-electron chi connectivity index (χ1n) is 10.2. The van der Waals surface area contributed by atoms with Gasteiger partial charge >= 0.3 is 0 Å². The van der Waals surface area contributed by atoms with Crippen molar-refractivity contribution in [3.05, 3.63) is 34.4 Å². The molecule has 4 rings (SSSR count). The second kappa shape index (κ2) is 6.97. The molecule has 1 N–H and O–H groups in total. The molecule has 4 atom stereocenters. The number of likely N-dealkylation sites (tertiary alicyclic amines) is 2. The van der Waals surface area contributed by atoms with E-state index < -0.39 is 0 Å². The number of carbonyl (C=O) groups is 1. The highest BCUT2D eigenvalue weighted by molar-refractivity contribution is 5.96. The molecule has 4 nitrogen and oxygen atoms in total. The summed E-state index contributed by atoms with van der Waals surface area (Å²) in [6.07, 6.45) is 4.18. The van der Waals surface area contributed by atoms with E-state index >= 15 is 0 Å². The molecule has 1 amide bonds. The zero-order valence-electron chi connectivity index (χ0n) is 16.4. The van der Waals surface area contributed by atoms with Gasteiger partial charge in [0.25, 0.3) is 5.91 Å².